The van der Waals surface area contributed by atoms with E-state index in [1.165, 1.54) is 11.4 Å². The lowest BCUT2D eigenvalue weighted by Crippen LogP contribution is -2.31. The fourth-order valence-corrected chi connectivity index (χ4v) is 5.19. The molecule has 1 atom stereocenters. The summed E-state index contributed by atoms with van der Waals surface area (Å²) in [5.41, 5.74) is 0.571. The second-order valence-electron chi connectivity index (χ2n) is 6.45. The van der Waals surface area contributed by atoms with Gasteiger partial charge in [0.1, 0.15) is 10.6 Å². The predicted octanol–water partition coefficient (Wildman–Crippen LogP) is 2.54. The summed E-state index contributed by atoms with van der Waals surface area (Å²) in [5.74, 6) is 1.17. The molecule has 150 valence electrons. The highest BCUT2D eigenvalue weighted by molar-refractivity contribution is 7.89. The van der Waals surface area contributed by atoms with Gasteiger partial charge in [0.2, 0.25) is 16.0 Å². The van der Waals surface area contributed by atoms with Crippen molar-refractivity contribution in [3.8, 4) is 5.75 Å². The zero-order valence-electron chi connectivity index (χ0n) is 15.8. The van der Waals surface area contributed by atoms with Gasteiger partial charge in [-0.2, -0.15) is 4.31 Å². The van der Waals surface area contributed by atoms with Crippen LogP contribution in [0.3, 0.4) is 0 Å². The van der Waals surface area contributed by atoms with E-state index in [1.807, 2.05) is 0 Å². The Labute approximate surface area is 168 Å². The highest BCUT2D eigenvalue weighted by Gasteiger charge is 2.38. The van der Waals surface area contributed by atoms with Crippen LogP contribution in [0.4, 0.5) is 11.8 Å². The molecule has 0 unspecified atom stereocenters. The van der Waals surface area contributed by atoms with Crippen LogP contribution in [-0.4, -0.2) is 46.3 Å². The molecule has 0 bridgehead atoms. The van der Waals surface area contributed by atoms with Gasteiger partial charge in [-0.05, 0) is 31.0 Å². The molecule has 1 aliphatic heterocycles. The Hall–Kier alpha value is -3.11. The van der Waals surface area contributed by atoms with Crippen molar-refractivity contribution in [2.45, 2.75) is 23.8 Å². The van der Waals surface area contributed by atoms with Gasteiger partial charge in [0.05, 0.1) is 31.2 Å². The van der Waals surface area contributed by atoms with Gasteiger partial charge < -0.3 is 10.1 Å². The standard InChI is InChI=1S/C19H20N6O3S/c1-28-16-7-2-3-8-17(16)29(26,27)25-11-4-6-15(25)14-12-20-13-18(23-14)24-19-21-9-5-10-22-19/h2-3,5,7-10,12-13,15H,4,6,11H2,1H3,(H,21,22,23,24)/t15-/m1/s1. The zero-order valence-corrected chi connectivity index (χ0v) is 16.6. The number of rotatable bonds is 6. The fourth-order valence-electron chi connectivity index (χ4n) is 3.36. The Morgan fingerprint density at radius 2 is 1.93 bits per heavy atom. The van der Waals surface area contributed by atoms with Gasteiger partial charge in [-0.15, -0.1) is 0 Å². The minimum Gasteiger partial charge on any atom is -0.495 e. The van der Waals surface area contributed by atoms with Crippen molar-refractivity contribution in [3.63, 3.8) is 0 Å². The lowest BCUT2D eigenvalue weighted by atomic mass is 10.2. The van der Waals surface area contributed by atoms with E-state index in [4.69, 9.17) is 4.74 Å². The molecule has 9 nitrogen and oxygen atoms in total. The third-order valence-electron chi connectivity index (χ3n) is 4.66. The molecular weight excluding hydrogens is 392 g/mol. The Bertz CT molecular complexity index is 1090. The first kappa shape index (κ1) is 19.2. The molecule has 3 heterocycles. The van der Waals surface area contributed by atoms with Crippen LogP contribution in [0.5, 0.6) is 5.75 Å². The van der Waals surface area contributed by atoms with E-state index >= 15 is 0 Å². The molecule has 1 saturated heterocycles. The Kier molecular flexibility index (Phi) is 5.36. The van der Waals surface area contributed by atoms with Crippen LogP contribution in [0.15, 0.2) is 60.0 Å². The highest BCUT2D eigenvalue weighted by atomic mass is 32.2. The first-order valence-electron chi connectivity index (χ1n) is 9.10. The first-order valence-corrected chi connectivity index (χ1v) is 10.5. The molecule has 1 fully saturated rings. The molecule has 0 radical (unpaired) electrons. The van der Waals surface area contributed by atoms with Gasteiger partial charge in [-0.25, -0.2) is 23.4 Å². The molecule has 10 heteroatoms. The summed E-state index contributed by atoms with van der Waals surface area (Å²) < 4.78 is 33.4. The highest BCUT2D eigenvalue weighted by Crippen LogP contribution is 2.38. The normalized spacial score (nSPS) is 17.2. The number of nitrogens with one attached hydrogen (secondary N) is 1. The van der Waals surface area contributed by atoms with E-state index in [9.17, 15) is 8.42 Å². The predicted molar refractivity (Wildman–Crippen MR) is 106 cm³/mol. The zero-order chi connectivity index (χ0) is 20.3. The monoisotopic (exact) mass is 412 g/mol. The number of para-hydroxylation sites is 1. The van der Waals surface area contributed by atoms with Crippen molar-refractivity contribution >= 4 is 21.8 Å². The quantitative estimate of drug-likeness (QED) is 0.658. The molecular formula is C19H20N6O3S. The maximum absolute atomic E-state index is 13.3. The number of methoxy groups -OCH3 is 1. The van der Waals surface area contributed by atoms with Crippen LogP contribution in [0.2, 0.25) is 0 Å². The van der Waals surface area contributed by atoms with Gasteiger partial charge in [-0.1, -0.05) is 12.1 Å². The lowest BCUT2D eigenvalue weighted by molar-refractivity contribution is 0.377. The molecule has 3 aromatic rings. The minimum atomic E-state index is -3.76. The minimum absolute atomic E-state index is 0.148. The van der Waals surface area contributed by atoms with Crippen LogP contribution in [0, 0.1) is 0 Å². The van der Waals surface area contributed by atoms with Crippen LogP contribution in [-0.2, 0) is 10.0 Å². The second-order valence-corrected chi connectivity index (χ2v) is 8.31. The number of hydrogen-bond donors (Lipinski definition) is 1. The van der Waals surface area contributed by atoms with Crippen LogP contribution in [0.1, 0.15) is 24.6 Å². The number of aromatic nitrogens is 4. The van der Waals surface area contributed by atoms with Gasteiger partial charge in [0.15, 0.2) is 5.82 Å². The SMILES string of the molecule is COc1ccccc1S(=O)(=O)N1CCC[C@@H]1c1cncc(Nc2ncccn2)n1. The largest absolute Gasteiger partial charge is 0.495 e. The number of anilines is 2. The third kappa shape index (κ3) is 3.89. The molecule has 1 aliphatic rings. The molecule has 0 saturated carbocycles. The Morgan fingerprint density at radius 1 is 1.14 bits per heavy atom. The van der Waals surface area contributed by atoms with Crippen molar-refractivity contribution in [3.05, 3.63) is 60.8 Å². The van der Waals surface area contributed by atoms with E-state index in [2.05, 4.69) is 25.3 Å². The summed E-state index contributed by atoms with van der Waals surface area (Å²) in [6.45, 7) is 0.409. The topological polar surface area (TPSA) is 110 Å². The summed E-state index contributed by atoms with van der Waals surface area (Å²) in [7, 11) is -2.29. The number of sulfonamides is 1. The van der Waals surface area contributed by atoms with Crippen LogP contribution in [0.25, 0.3) is 0 Å². The van der Waals surface area contributed by atoms with E-state index in [1.54, 1.807) is 55.1 Å². The molecule has 0 spiro atoms. The van der Waals surface area contributed by atoms with Gasteiger partial charge in [0, 0.05) is 18.9 Å². The smallest absolute Gasteiger partial charge is 0.247 e. The average Bonchev–Trinajstić information content (AvgIpc) is 3.26. The maximum atomic E-state index is 13.3. The van der Waals surface area contributed by atoms with Crippen molar-refractivity contribution < 1.29 is 13.2 Å². The summed E-state index contributed by atoms with van der Waals surface area (Å²) >= 11 is 0. The molecule has 29 heavy (non-hydrogen) atoms. The summed E-state index contributed by atoms with van der Waals surface area (Å²) in [5, 5.41) is 2.99. The van der Waals surface area contributed by atoms with E-state index < -0.39 is 16.1 Å². The fraction of sp³-hybridized carbons (Fsp3) is 0.263. The molecule has 4 rings (SSSR count). The number of hydrogen-bond acceptors (Lipinski definition) is 8. The molecule has 0 amide bonds. The summed E-state index contributed by atoms with van der Waals surface area (Å²) in [6, 6.07) is 7.93. The van der Waals surface area contributed by atoms with Gasteiger partial charge in [0.25, 0.3) is 0 Å². The molecule has 1 aromatic carbocycles. The van der Waals surface area contributed by atoms with Crippen molar-refractivity contribution in [2.24, 2.45) is 0 Å². The van der Waals surface area contributed by atoms with Gasteiger partial charge in [-0.3, -0.25) is 4.98 Å². The Balaban J connectivity index is 1.64. The Morgan fingerprint density at radius 3 is 2.72 bits per heavy atom. The van der Waals surface area contributed by atoms with Crippen LogP contribution < -0.4 is 10.1 Å². The average molecular weight is 412 g/mol. The van der Waals surface area contributed by atoms with E-state index in [0.717, 1.165) is 6.42 Å². The van der Waals surface area contributed by atoms with Crippen LogP contribution >= 0.6 is 0 Å². The second kappa shape index (κ2) is 8.10. The lowest BCUT2D eigenvalue weighted by Gasteiger charge is -2.24. The number of nitrogens with zero attached hydrogens (tertiary/aromatic N) is 5. The van der Waals surface area contributed by atoms with E-state index in [-0.39, 0.29) is 4.90 Å². The first-order chi connectivity index (χ1) is 14.1. The summed E-state index contributed by atoms with van der Waals surface area (Å²) in [4.78, 5) is 17.1. The number of benzene rings is 1. The van der Waals surface area contributed by atoms with Gasteiger partial charge >= 0.3 is 0 Å². The molecule has 1 N–H and O–H groups in total. The van der Waals surface area contributed by atoms with Crippen molar-refractivity contribution in [2.75, 3.05) is 19.0 Å². The number of ether oxygens (including phenoxy) is 1. The summed E-state index contributed by atoms with van der Waals surface area (Å²) in [6.07, 6.45) is 7.77. The molecule has 2 aromatic heterocycles. The maximum Gasteiger partial charge on any atom is 0.247 e. The van der Waals surface area contributed by atoms with E-state index in [0.29, 0.717) is 36.2 Å². The van der Waals surface area contributed by atoms with Crippen molar-refractivity contribution in [1.82, 2.24) is 24.2 Å². The molecule has 0 aliphatic carbocycles. The van der Waals surface area contributed by atoms with Crippen molar-refractivity contribution in [1.29, 1.82) is 0 Å². The third-order valence-corrected chi connectivity index (χ3v) is 6.61.